The van der Waals surface area contributed by atoms with E-state index in [9.17, 15) is 19.8 Å². The second kappa shape index (κ2) is 21.4. The molecule has 0 spiro atoms. The van der Waals surface area contributed by atoms with Crippen LogP contribution in [0.3, 0.4) is 0 Å². The van der Waals surface area contributed by atoms with Gasteiger partial charge in [-0.05, 0) is 153 Å². The molecule has 0 radical (unpaired) electrons. The molecule has 0 aliphatic carbocycles. The molecule has 2 N–H and O–H groups in total. The minimum absolute atomic E-state index is 0.118. The molecule has 6 atom stereocenters. The number of aromatic hydroxyl groups is 2. The number of piperidine rings is 2. The van der Waals surface area contributed by atoms with E-state index in [1.807, 2.05) is 38.0 Å². The molecule has 6 unspecified atom stereocenters. The van der Waals surface area contributed by atoms with Crippen molar-refractivity contribution in [1.82, 2.24) is 19.6 Å². The van der Waals surface area contributed by atoms with Crippen molar-refractivity contribution < 1.29 is 42.2 Å². The van der Waals surface area contributed by atoms with Crippen molar-refractivity contribution in [2.75, 3.05) is 80.5 Å². The van der Waals surface area contributed by atoms with E-state index < -0.39 is 81.8 Å². The number of benzene rings is 4. The van der Waals surface area contributed by atoms with Gasteiger partial charge in [0.1, 0.15) is 17.4 Å². The molecular formula is C51H62F4N4O5. The summed E-state index contributed by atoms with van der Waals surface area (Å²) in [6, 6.07) is 16.7. The van der Waals surface area contributed by atoms with Gasteiger partial charge in [0, 0.05) is 61.7 Å². The van der Waals surface area contributed by atoms with Crippen LogP contribution in [-0.2, 0) is 4.79 Å². The molecule has 2 saturated heterocycles. The smallest absolute Gasteiger partial charge is 0.175 e. The number of ketones is 3. The van der Waals surface area contributed by atoms with Crippen LogP contribution in [-0.4, -0.2) is 128 Å². The molecule has 2 aliphatic rings. The Morgan fingerprint density at radius 1 is 0.547 bits per heavy atom. The number of rotatable bonds is 18. The summed E-state index contributed by atoms with van der Waals surface area (Å²) in [5.41, 5.74) is 0.587. The van der Waals surface area contributed by atoms with Crippen LogP contribution in [0.1, 0.15) is 80.5 Å². The lowest BCUT2D eigenvalue weighted by atomic mass is 9.62. The lowest BCUT2D eigenvalue weighted by Gasteiger charge is -2.48. The normalized spacial score (nSPS) is 22.0. The van der Waals surface area contributed by atoms with Gasteiger partial charge in [0.15, 0.2) is 34.7 Å². The van der Waals surface area contributed by atoms with E-state index in [1.165, 1.54) is 48.5 Å². The molecule has 0 aromatic heterocycles. The summed E-state index contributed by atoms with van der Waals surface area (Å²) >= 11 is 0. The second-order valence-electron chi connectivity index (χ2n) is 18.3. The van der Waals surface area contributed by atoms with Crippen molar-refractivity contribution in [3.63, 3.8) is 0 Å². The topological polar surface area (TPSA) is 105 Å². The molecular weight excluding hydrogens is 825 g/mol. The predicted octanol–water partition coefficient (Wildman–Crippen LogP) is 8.25. The summed E-state index contributed by atoms with van der Waals surface area (Å²) in [5, 5.41) is 20.8. The number of nitrogens with zero attached hydrogens (tertiary/aromatic N) is 4. The van der Waals surface area contributed by atoms with Crippen LogP contribution in [0.2, 0.25) is 0 Å². The van der Waals surface area contributed by atoms with Gasteiger partial charge in [-0.25, -0.2) is 17.6 Å². The van der Waals surface area contributed by atoms with E-state index in [0.717, 1.165) is 38.1 Å². The third-order valence-corrected chi connectivity index (χ3v) is 13.4. The monoisotopic (exact) mass is 886 g/mol. The van der Waals surface area contributed by atoms with Gasteiger partial charge in [-0.1, -0.05) is 36.4 Å². The van der Waals surface area contributed by atoms with Gasteiger partial charge in [-0.2, -0.15) is 0 Å². The molecule has 2 fully saturated rings. The Morgan fingerprint density at radius 3 is 1.28 bits per heavy atom. The molecule has 13 heteroatoms. The Kier molecular flexibility index (Phi) is 16.2. The summed E-state index contributed by atoms with van der Waals surface area (Å²) in [7, 11) is 7.89. The van der Waals surface area contributed by atoms with Crippen molar-refractivity contribution in [3.05, 3.63) is 129 Å². The highest BCUT2D eigenvalue weighted by atomic mass is 19.1. The van der Waals surface area contributed by atoms with Crippen LogP contribution in [0, 0.1) is 60.8 Å². The number of carbonyl (C=O) groups excluding carboxylic acids is 3. The molecule has 4 aromatic carbocycles. The van der Waals surface area contributed by atoms with Crippen LogP contribution in [0.5, 0.6) is 11.5 Å². The summed E-state index contributed by atoms with van der Waals surface area (Å²) in [4.78, 5) is 54.2. The van der Waals surface area contributed by atoms with Crippen molar-refractivity contribution in [2.45, 2.75) is 51.4 Å². The maximum atomic E-state index is 16.2. The Labute approximate surface area is 374 Å². The van der Waals surface area contributed by atoms with Crippen molar-refractivity contribution in [3.8, 4) is 11.5 Å². The third-order valence-electron chi connectivity index (χ3n) is 13.4. The number of Topliss-reactive ketones (excluding diaryl/α,β-unsaturated/α-hetero) is 3. The van der Waals surface area contributed by atoms with Gasteiger partial charge >= 0.3 is 0 Å². The maximum Gasteiger partial charge on any atom is 0.175 e. The standard InChI is InChI=1S/C51H62F4N4O5/c1-31-33(15-11-19-41(31)52)45-37(49(62)35-17-13-21-43(60)47(35)54)27-58(25-9-7-23-56(3)4)29-39(45)51(64)40-30-59(26-10-8-24-57(5)6)28-38(46(40)34-16-12-20-42(53)32(34)2)50(63)36-18-14-22-44(61)48(36)55/h11-22,37-40,45-46,60-61H,7-10,23-30H2,1-6H3. The van der Waals surface area contributed by atoms with Crippen molar-refractivity contribution in [2.24, 2.45) is 23.7 Å². The number of phenolic OH excluding ortho intramolecular Hbond substituents is 2. The summed E-state index contributed by atoms with van der Waals surface area (Å²) in [6.45, 7) is 6.30. The van der Waals surface area contributed by atoms with Gasteiger partial charge < -0.3 is 29.8 Å². The summed E-state index contributed by atoms with van der Waals surface area (Å²) in [6.07, 6.45) is 3.06. The first-order valence-electron chi connectivity index (χ1n) is 22.3. The minimum Gasteiger partial charge on any atom is -0.505 e. The van der Waals surface area contributed by atoms with Crippen LogP contribution in [0.25, 0.3) is 0 Å². The average molecular weight is 887 g/mol. The molecule has 0 saturated carbocycles. The molecule has 0 amide bonds. The lowest BCUT2D eigenvalue weighted by Crippen LogP contribution is -2.56. The fourth-order valence-electron chi connectivity index (χ4n) is 10.1. The lowest BCUT2D eigenvalue weighted by molar-refractivity contribution is -0.133. The predicted molar refractivity (Wildman–Crippen MR) is 240 cm³/mol. The molecule has 6 rings (SSSR count). The van der Waals surface area contributed by atoms with Gasteiger partial charge in [0.05, 0.1) is 11.1 Å². The van der Waals surface area contributed by atoms with Gasteiger partial charge in [0.2, 0.25) is 0 Å². The summed E-state index contributed by atoms with van der Waals surface area (Å²) < 4.78 is 62.9. The SMILES string of the molecule is Cc1c(F)cccc1C1C(C(=O)c2cccc(O)c2F)CN(CCCCN(C)C)CC1C(=O)C1CN(CCCCN(C)C)CC(C(=O)c2cccc(O)c2F)C1c1cccc(F)c1C. The molecule has 0 bridgehead atoms. The number of likely N-dealkylation sites (tertiary alicyclic amines) is 2. The molecule has 2 aliphatic heterocycles. The quantitative estimate of drug-likeness (QED) is 0.0581. The van der Waals surface area contributed by atoms with Crippen LogP contribution < -0.4 is 0 Å². The van der Waals surface area contributed by atoms with Gasteiger partial charge in [-0.15, -0.1) is 0 Å². The number of phenols is 2. The molecule has 4 aromatic rings. The fourth-order valence-corrected chi connectivity index (χ4v) is 10.1. The molecule has 344 valence electrons. The van der Waals surface area contributed by atoms with Crippen molar-refractivity contribution >= 4 is 17.3 Å². The van der Waals surface area contributed by atoms with Crippen LogP contribution in [0.15, 0.2) is 72.8 Å². The molecule has 2 heterocycles. The number of hydrogen-bond acceptors (Lipinski definition) is 9. The van der Waals surface area contributed by atoms with Crippen LogP contribution in [0.4, 0.5) is 17.6 Å². The zero-order valence-corrected chi connectivity index (χ0v) is 37.8. The highest BCUT2D eigenvalue weighted by Crippen LogP contribution is 2.48. The minimum atomic E-state index is -1.09. The van der Waals surface area contributed by atoms with Gasteiger partial charge in [-0.3, -0.25) is 14.4 Å². The zero-order chi connectivity index (χ0) is 46.4. The third kappa shape index (κ3) is 10.8. The first-order valence-corrected chi connectivity index (χ1v) is 22.3. The van der Waals surface area contributed by atoms with Crippen LogP contribution >= 0.6 is 0 Å². The number of halogens is 4. The van der Waals surface area contributed by atoms with E-state index in [4.69, 9.17) is 0 Å². The first kappa shape index (κ1) is 48.5. The largest absolute Gasteiger partial charge is 0.505 e. The molecule has 64 heavy (non-hydrogen) atoms. The van der Waals surface area contributed by atoms with E-state index in [0.29, 0.717) is 37.1 Å². The van der Waals surface area contributed by atoms with Crippen molar-refractivity contribution in [1.29, 1.82) is 0 Å². The van der Waals surface area contributed by atoms with E-state index in [1.54, 1.807) is 26.0 Å². The Hall–Kier alpha value is -4.95. The Morgan fingerprint density at radius 2 is 0.906 bits per heavy atom. The van der Waals surface area contributed by atoms with E-state index >= 15 is 22.4 Å². The number of hydrogen-bond donors (Lipinski definition) is 2. The highest BCUT2D eigenvalue weighted by molar-refractivity contribution is 6.01. The number of unbranched alkanes of at least 4 members (excludes halogenated alkanes) is 2. The summed E-state index contributed by atoms with van der Waals surface area (Å²) in [5.74, 6) is -12.4. The Balaban J connectivity index is 1.54. The van der Waals surface area contributed by atoms with E-state index in [2.05, 4.69) is 9.80 Å². The van der Waals surface area contributed by atoms with Gasteiger partial charge in [0.25, 0.3) is 0 Å². The molecule has 9 nitrogen and oxygen atoms in total. The zero-order valence-electron chi connectivity index (χ0n) is 37.8. The maximum absolute atomic E-state index is 16.2. The highest BCUT2D eigenvalue weighted by Gasteiger charge is 2.52. The Bertz CT molecular complexity index is 2150. The second-order valence-corrected chi connectivity index (χ2v) is 18.3. The number of carbonyl (C=O) groups is 3. The fraction of sp³-hybridized carbons (Fsp3) is 0.471. The first-order chi connectivity index (χ1) is 30.5. The van der Waals surface area contributed by atoms with E-state index in [-0.39, 0.29) is 54.2 Å². The average Bonchev–Trinajstić information content (AvgIpc) is 3.26.